The second-order valence-corrected chi connectivity index (χ2v) is 9.37. The first kappa shape index (κ1) is 23.6. The number of alkyl carbamates (subject to hydrolysis) is 1. The zero-order valence-corrected chi connectivity index (χ0v) is 18.7. The third-order valence-electron chi connectivity index (χ3n) is 6.01. The molecule has 2 aliphatic rings. The van der Waals surface area contributed by atoms with Crippen LogP contribution in [-0.2, 0) is 22.7 Å². The van der Waals surface area contributed by atoms with Gasteiger partial charge in [0.25, 0.3) is 5.92 Å². The molecule has 2 fully saturated rings. The number of amides is 3. The first-order valence-electron chi connectivity index (χ1n) is 10.4. The number of halogens is 2. The van der Waals surface area contributed by atoms with Crippen LogP contribution >= 0.6 is 11.3 Å². The van der Waals surface area contributed by atoms with Crippen LogP contribution in [0.1, 0.15) is 28.8 Å². The number of hydrogen-bond donors (Lipinski definition) is 4. The monoisotopic (exact) mass is 492 g/mol. The fourth-order valence-electron chi connectivity index (χ4n) is 4.02. The molecular weight excluding hydrogens is 470 g/mol. The van der Waals surface area contributed by atoms with Gasteiger partial charge in [-0.05, 0) is 18.1 Å². The summed E-state index contributed by atoms with van der Waals surface area (Å²) in [5, 5.41) is 23.9. The van der Waals surface area contributed by atoms with E-state index in [-0.39, 0.29) is 32.0 Å². The van der Waals surface area contributed by atoms with Crippen molar-refractivity contribution in [3.8, 4) is 0 Å². The average Bonchev–Trinajstić information content (AvgIpc) is 3.17. The molecule has 2 heterocycles. The Hall–Kier alpha value is -3.54. The van der Waals surface area contributed by atoms with Gasteiger partial charge in [-0.2, -0.15) is 0 Å². The predicted octanol–water partition coefficient (Wildman–Crippen LogP) is 3.39. The summed E-state index contributed by atoms with van der Waals surface area (Å²) in [5.74, 6) is -3.78. The van der Waals surface area contributed by atoms with Gasteiger partial charge < -0.3 is 15.2 Å². The number of nitrogens with one attached hydrogen (secondary N) is 3. The lowest BCUT2D eigenvalue weighted by Gasteiger charge is -2.20. The van der Waals surface area contributed by atoms with Gasteiger partial charge in [0.15, 0.2) is 0 Å². The van der Waals surface area contributed by atoms with Crippen LogP contribution in [0.3, 0.4) is 0 Å². The third kappa shape index (κ3) is 4.86. The fraction of sp³-hybridized carbons (Fsp3) is 0.364. The highest BCUT2D eigenvalue weighted by molar-refractivity contribution is 7.10. The summed E-state index contributed by atoms with van der Waals surface area (Å²) in [7, 11) is 0. The number of likely N-dealkylation sites (tertiary alicyclic amines) is 1. The van der Waals surface area contributed by atoms with Crippen molar-refractivity contribution in [1.29, 1.82) is 5.41 Å². The third-order valence-corrected chi connectivity index (χ3v) is 6.95. The highest BCUT2D eigenvalue weighted by atomic mass is 32.1. The van der Waals surface area contributed by atoms with Crippen molar-refractivity contribution in [2.75, 3.05) is 6.54 Å². The SMILES string of the molecule is N=C(NC(=O)OCc1ccccc1)c1csc(CNC(=O)[C@@H]2C[C@]3(CN2C(=O)O)CC3(F)F)c1. The number of hydrogen-bond acceptors (Lipinski definition) is 6. The summed E-state index contributed by atoms with van der Waals surface area (Å²) in [5.41, 5.74) is -0.243. The van der Waals surface area contributed by atoms with E-state index >= 15 is 0 Å². The number of ether oxygens (including phenoxy) is 1. The first-order valence-corrected chi connectivity index (χ1v) is 11.3. The van der Waals surface area contributed by atoms with Crippen LogP contribution in [0.15, 0.2) is 41.8 Å². The number of alkyl halides is 2. The number of nitrogens with zero attached hydrogens (tertiary/aromatic N) is 1. The van der Waals surface area contributed by atoms with E-state index in [4.69, 9.17) is 10.1 Å². The molecule has 1 aliphatic heterocycles. The topological polar surface area (TPSA) is 132 Å². The lowest BCUT2D eigenvalue weighted by molar-refractivity contribution is -0.125. The summed E-state index contributed by atoms with van der Waals surface area (Å²) in [4.78, 5) is 37.3. The molecule has 1 aromatic heterocycles. The minimum atomic E-state index is -2.95. The first-order chi connectivity index (χ1) is 16.1. The highest BCUT2D eigenvalue weighted by Crippen LogP contribution is 2.66. The second kappa shape index (κ2) is 9.01. The Morgan fingerprint density at radius 3 is 2.62 bits per heavy atom. The van der Waals surface area contributed by atoms with Gasteiger partial charge >= 0.3 is 12.2 Å². The van der Waals surface area contributed by atoms with Crippen LogP contribution in [0.25, 0.3) is 0 Å². The van der Waals surface area contributed by atoms with Gasteiger partial charge in [-0.15, -0.1) is 11.3 Å². The van der Waals surface area contributed by atoms with E-state index in [1.165, 1.54) is 11.3 Å². The minimum absolute atomic E-state index is 0.0303. The molecule has 0 bridgehead atoms. The molecule has 0 unspecified atom stereocenters. The van der Waals surface area contributed by atoms with Crippen molar-refractivity contribution in [3.05, 3.63) is 57.8 Å². The van der Waals surface area contributed by atoms with Crippen LogP contribution in [0.4, 0.5) is 18.4 Å². The molecule has 1 saturated carbocycles. The maximum Gasteiger partial charge on any atom is 0.413 e. The lowest BCUT2D eigenvalue weighted by atomic mass is 10.0. The Balaban J connectivity index is 1.27. The van der Waals surface area contributed by atoms with E-state index in [2.05, 4.69) is 10.6 Å². The smallest absolute Gasteiger partial charge is 0.413 e. The van der Waals surface area contributed by atoms with Gasteiger partial charge in [0, 0.05) is 28.8 Å². The molecule has 2 atom stereocenters. The Kier molecular flexibility index (Phi) is 6.26. The van der Waals surface area contributed by atoms with Gasteiger partial charge in [0.1, 0.15) is 18.5 Å². The van der Waals surface area contributed by atoms with E-state index in [1.54, 1.807) is 23.6 Å². The summed E-state index contributed by atoms with van der Waals surface area (Å²) in [6.45, 7) is -0.273. The number of rotatable bonds is 6. The van der Waals surface area contributed by atoms with E-state index < -0.39 is 41.9 Å². The second-order valence-electron chi connectivity index (χ2n) is 8.37. The molecular formula is C22H22F2N4O5S. The minimum Gasteiger partial charge on any atom is -0.465 e. The van der Waals surface area contributed by atoms with Crippen LogP contribution in [0.5, 0.6) is 0 Å². The van der Waals surface area contributed by atoms with Crippen molar-refractivity contribution in [1.82, 2.24) is 15.5 Å². The number of thiophene rings is 1. The maximum atomic E-state index is 13.7. The Labute approximate surface area is 197 Å². The van der Waals surface area contributed by atoms with E-state index in [9.17, 15) is 28.3 Å². The largest absolute Gasteiger partial charge is 0.465 e. The van der Waals surface area contributed by atoms with Crippen molar-refractivity contribution >= 4 is 35.3 Å². The van der Waals surface area contributed by atoms with Crippen LogP contribution in [0.2, 0.25) is 0 Å². The molecule has 34 heavy (non-hydrogen) atoms. The van der Waals surface area contributed by atoms with Crippen molar-refractivity contribution in [2.24, 2.45) is 5.41 Å². The summed E-state index contributed by atoms with van der Waals surface area (Å²) >= 11 is 1.22. The van der Waals surface area contributed by atoms with Crippen LogP contribution in [-0.4, -0.2) is 52.4 Å². The number of carbonyl (C=O) groups is 3. The van der Waals surface area contributed by atoms with Gasteiger partial charge in [0.05, 0.1) is 12.0 Å². The normalized spacial score (nSPS) is 22.3. The van der Waals surface area contributed by atoms with E-state index in [1.807, 2.05) is 18.2 Å². The molecule has 1 saturated heterocycles. The van der Waals surface area contributed by atoms with Gasteiger partial charge in [-0.3, -0.25) is 20.4 Å². The quantitative estimate of drug-likeness (QED) is 0.363. The molecule has 9 nitrogen and oxygen atoms in total. The maximum absolute atomic E-state index is 13.7. The predicted molar refractivity (Wildman–Crippen MR) is 118 cm³/mol. The van der Waals surface area contributed by atoms with Crippen LogP contribution < -0.4 is 10.6 Å². The molecule has 4 rings (SSSR count). The van der Waals surface area contributed by atoms with Crippen molar-refractivity contribution in [3.63, 3.8) is 0 Å². The van der Waals surface area contributed by atoms with E-state index in [0.717, 1.165) is 10.5 Å². The molecule has 12 heteroatoms. The summed E-state index contributed by atoms with van der Waals surface area (Å²) in [6, 6.07) is 9.48. The number of amidine groups is 1. The van der Waals surface area contributed by atoms with Crippen LogP contribution in [0, 0.1) is 10.8 Å². The Morgan fingerprint density at radius 1 is 1.26 bits per heavy atom. The molecule has 2 aromatic rings. The molecule has 3 amide bonds. The Morgan fingerprint density at radius 2 is 1.97 bits per heavy atom. The molecule has 1 spiro atoms. The molecule has 1 aromatic carbocycles. The number of carbonyl (C=O) groups excluding carboxylic acids is 2. The lowest BCUT2D eigenvalue weighted by Crippen LogP contribution is -2.45. The highest BCUT2D eigenvalue weighted by Gasteiger charge is 2.75. The summed E-state index contributed by atoms with van der Waals surface area (Å²) < 4.78 is 32.5. The molecule has 180 valence electrons. The average molecular weight is 493 g/mol. The number of benzene rings is 1. The Bertz CT molecular complexity index is 1130. The van der Waals surface area contributed by atoms with Crippen molar-refractivity contribution < 1.29 is 33.0 Å². The van der Waals surface area contributed by atoms with E-state index in [0.29, 0.717) is 10.4 Å². The van der Waals surface area contributed by atoms with Crippen molar-refractivity contribution in [2.45, 2.75) is 38.0 Å². The number of carboxylic acid groups (broad SMARTS) is 1. The zero-order valence-electron chi connectivity index (χ0n) is 17.8. The molecule has 1 aliphatic carbocycles. The molecule has 0 radical (unpaired) electrons. The van der Waals surface area contributed by atoms with Gasteiger partial charge in [-0.25, -0.2) is 18.4 Å². The summed E-state index contributed by atoms with van der Waals surface area (Å²) in [6.07, 6.45) is -2.81. The fourth-order valence-corrected chi connectivity index (χ4v) is 4.83. The van der Waals surface area contributed by atoms with Gasteiger partial charge in [0.2, 0.25) is 5.91 Å². The van der Waals surface area contributed by atoms with Gasteiger partial charge in [-0.1, -0.05) is 30.3 Å². The molecule has 4 N–H and O–H groups in total. The standard InChI is InChI=1S/C22H22F2N4O5S/c23-22(24)11-21(22)7-16(28(12-21)20(31)32)18(29)26-8-15-6-14(10-34-15)17(25)27-19(30)33-9-13-4-2-1-3-5-13/h1-6,10,16H,7-9,11-12H2,(H,26,29)(H,31,32)(H2,25,27,30)/t16-,21+/m0/s1. The zero-order chi connectivity index (χ0) is 24.5.